The van der Waals surface area contributed by atoms with E-state index in [0.717, 1.165) is 17.7 Å². The summed E-state index contributed by atoms with van der Waals surface area (Å²) in [4.78, 5) is 12.0. The van der Waals surface area contributed by atoms with Gasteiger partial charge in [-0.2, -0.15) is 5.26 Å². The van der Waals surface area contributed by atoms with Crippen LogP contribution < -0.4 is 9.47 Å². The number of hydrogen-bond donors (Lipinski definition) is 0. The van der Waals surface area contributed by atoms with Crippen molar-refractivity contribution >= 4 is 12.0 Å². The Morgan fingerprint density at radius 2 is 2.26 bits per heavy atom. The fraction of sp³-hybridized carbons (Fsp3) is 0.444. The lowest BCUT2D eigenvalue weighted by atomic mass is 10.0. The third-order valence-corrected chi connectivity index (χ3v) is 3.31. The standard InChI is InChI=1S/C18H21NO4/c1-5-21-16-8-13-6-12(4)23-17(13)9-14(16)7-15(10-19)18(20)22-11(2)3/h7-9,11-12H,5-6H2,1-4H3/b15-7+/t12-/m1/s1. The summed E-state index contributed by atoms with van der Waals surface area (Å²) in [6.45, 7) is 7.86. The number of carbonyl (C=O) groups is 1. The van der Waals surface area contributed by atoms with E-state index in [4.69, 9.17) is 14.2 Å². The maximum atomic E-state index is 12.0. The molecule has 0 fully saturated rings. The highest BCUT2D eigenvalue weighted by molar-refractivity contribution is 5.98. The normalized spacial score (nSPS) is 16.5. The second-order valence-electron chi connectivity index (χ2n) is 5.69. The van der Waals surface area contributed by atoms with Crippen molar-refractivity contribution in [2.75, 3.05) is 6.61 Å². The number of hydrogen-bond acceptors (Lipinski definition) is 5. The van der Waals surface area contributed by atoms with Crippen LogP contribution in [-0.4, -0.2) is 24.8 Å². The molecule has 0 radical (unpaired) electrons. The van der Waals surface area contributed by atoms with Crippen LogP contribution in [0.25, 0.3) is 6.08 Å². The van der Waals surface area contributed by atoms with Gasteiger partial charge in [-0.15, -0.1) is 0 Å². The van der Waals surface area contributed by atoms with Gasteiger partial charge in [0.15, 0.2) is 0 Å². The zero-order chi connectivity index (χ0) is 17.0. The maximum Gasteiger partial charge on any atom is 0.349 e. The molecular formula is C18H21NO4. The van der Waals surface area contributed by atoms with Crippen LogP contribution in [0.15, 0.2) is 17.7 Å². The number of fused-ring (bicyclic) bond motifs is 1. The van der Waals surface area contributed by atoms with Gasteiger partial charge in [-0.3, -0.25) is 0 Å². The first kappa shape index (κ1) is 16.9. The molecular weight excluding hydrogens is 294 g/mol. The highest BCUT2D eigenvalue weighted by atomic mass is 16.5. The molecule has 1 atom stereocenters. The van der Waals surface area contributed by atoms with Crippen molar-refractivity contribution in [3.05, 3.63) is 28.8 Å². The third kappa shape index (κ3) is 4.04. The molecule has 0 saturated heterocycles. The van der Waals surface area contributed by atoms with E-state index in [-0.39, 0.29) is 17.8 Å². The Bertz CT molecular complexity index is 670. The summed E-state index contributed by atoms with van der Waals surface area (Å²) in [5.41, 5.74) is 1.64. The second-order valence-corrected chi connectivity index (χ2v) is 5.69. The van der Waals surface area contributed by atoms with Crippen LogP contribution in [0, 0.1) is 11.3 Å². The van der Waals surface area contributed by atoms with Crippen molar-refractivity contribution in [3.8, 4) is 17.6 Å². The highest BCUT2D eigenvalue weighted by Crippen LogP contribution is 2.36. The summed E-state index contributed by atoms with van der Waals surface area (Å²) >= 11 is 0. The molecule has 5 heteroatoms. The number of ether oxygens (including phenoxy) is 3. The van der Waals surface area contributed by atoms with Crippen LogP contribution in [0.2, 0.25) is 0 Å². The first-order valence-corrected chi connectivity index (χ1v) is 7.73. The molecule has 5 nitrogen and oxygen atoms in total. The van der Waals surface area contributed by atoms with E-state index >= 15 is 0 Å². The molecule has 122 valence electrons. The van der Waals surface area contributed by atoms with E-state index in [1.165, 1.54) is 6.08 Å². The smallest absolute Gasteiger partial charge is 0.349 e. The average Bonchev–Trinajstić information content (AvgIpc) is 2.83. The molecule has 23 heavy (non-hydrogen) atoms. The van der Waals surface area contributed by atoms with Crippen molar-refractivity contribution in [1.82, 2.24) is 0 Å². The summed E-state index contributed by atoms with van der Waals surface area (Å²) in [7, 11) is 0. The van der Waals surface area contributed by atoms with Gasteiger partial charge in [0.05, 0.1) is 12.7 Å². The van der Waals surface area contributed by atoms with Crippen molar-refractivity contribution < 1.29 is 19.0 Å². The Hall–Kier alpha value is -2.48. The van der Waals surface area contributed by atoms with Gasteiger partial charge in [0, 0.05) is 17.5 Å². The van der Waals surface area contributed by atoms with Crippen molar-refractivity contribution in [2.24, 2.45) is 0 Å². The van der Waals surface area contributed by atoms with Gasteiger partial charge >= 0.3 is 5.97 Å². The number of benzene rings is 1. The largest absolute Gasteiger partial charge is 0.493 e. The number of esters is 1. The van der Waals surface area contributed by atoms with E-state index in [9.17, 15) is 10.1 Å². The third-order valence-electron chi connectivity index (χ3n) is 3.31. The fourth-order valence-electron chi connectivity index (χ4n) is 2.42. The molecule has 0 aromatic heterocycles. The highest BCUT2D eigenvalue weighted by Gasteiger charge is 2.22. The lowest BCUT2D eigenvalue weighted by molar-refractivity contribution is -0.142. The van der Waals surface area contributed by atoms with Gasteiger partial charge in [-0.25, -0.2) is 4.79 Å². The molecule has 0 bridgehead atoms. The molecule has 0 N–H and O–H groups in total. The zero-order valence-corrected chi connectivity index (χ0v) is 13.9. The molecule has 1 aliphatic heterocycles. The summed E-state index contributed by atoms with van der Waals surface area (Å²) < 4.78 is 16.5. The Morgan fingerprint density at radius 3 is 2.87 bits per heavy atom. The van der Waals surface area contributed by atoms with Crippen LogP contribution in [0.3, 0.4) is 0 Å². The first-order valence-electron chi connectivity index (χ1n) is 7.73. The van der Waals surface area contributed by atoms with Crippen LogP contribution in [0.4, 0.5) is 0 Å². The molecule has 1 aliphatic rings. The summed E-state index contributed by atoms with van der Waals surface area (Å²) in [5.74, 6) is 0.760. The fourth-order valence-corrected chi connectivity index (χ4v) is 2.42. The number of rotatable bonds is 5. The molecule has 0 aliphatic carbocycles. The van der Waals surface area contributed by atoms with E-state index < -0.39 is 5.97 Å². The van der Waals surface area contributed by atoms with E-state index in [0.29, 0.717) is 17.9 Å². The van der Waals surface area contributed by atoms with Gasteiger partial charge < -0.3 is 14.2 Å². The average molecular weight is 315 g/mol. The minimum atomic E-state index is -0.639. The molecule has 1 heterocycles. The van der Waals surface area contributed by atoms with Gasteiger partial charge in [0.2, 0.25) is 0 Å². The van der Waals surface area contributed by atoms with Crippen molar-refractivity contribution in [2.45, 2.75) is 46.3 Å². The van der Waals surface area contributed by atoms with E-state index in [2.05, 4.69) is 0 Å². The van der Waals surface area contributed by atoms with Crippen LogP contribution in [0.1, 0.15) is 38.8 Å². The Labute approximate surface area is 136 Å². The number of nitriles is 1. The summed E-state index contributed by atoms with van der Waals surface area (Å²) in [5, 5.41) is 9.24. The van der Waals surface area contributed by atoms with Crippen molar-refractivity contribution in [1.29, 1.82) is 5.26 Å². The molecule has 1 aromatic carbocycles. The Kier molecular flexibility index (Phi) is 5.28. The monoisotopic (exact) mass is 315 g/mol. The predicted molar refractivity (Wildman–Crippen MR) is 86.2 cm³/mol. The molecule has 0 amide bonds. The molecule has 1 aromatic rings. The second kappa shape index (κ2) is 7.19. The lowest BCUT2D eigenvalue weighted by Crippen LogP contribution is -2.12. The summed E-state index contributed by atoms with van der Waals surface area (Å²) in [6.07, 6.45) is 2.14. The molecule has 0 saturated carbocycles. The van der Waals surface area contributed by atoms with Gasteiger partial charge in [-0.1, -0.05) is 0 Å². The molecule has 0 unspecified atom stereocenters. The predicted octanol–water partition coefficient (Wildman–Crippen LogP) is 3.27. The Morgan fingerprint density at radius 1 is 1.52 bits per heavy atom. The van der Waals surface area contributed by atoms with Crippen LogP contribution in [0.5, 0.6) is 11.5 Å². The lowest BCUT2D eigenvalue weighted by Gasteiger charge is -2.11. The zero-order valence-electron chi connectivity index (χ0n) is 13.9. The minimum Gasteiger partial charge on any atom is -0.493 e. The SMILES string of the molecule is CCOc1cc2c(cc1/C=C(\C#N)C(=O)OC(C)C)O[C@H](C)C2. The quantitative estimate of drug-likeness (QED) is 0.474. The van der Waals surface area contributed by atoms with E-state index in [1.54, 1.807) is 13.8 Å². The topological polar surface area (TPSA) is 68.5 Å². The van der Waals surface area contributed by atoms with Gasteiger partial charge in [0.1, 0.15) is 29.2 Å². The number of nitrogens with zero attached hydrogens (tertiary/aromatic N) is 1. The van der Waals surface area contributed by atoms with Crippen molar-refractivity contribution in [3.63, 3.8) is 0 Å². The minimum absolute atomic E-state index is 0.0642. The maximum absolute atomic E-state index is 12.0. The number of carbonyl (C=O) groups excluding carboxylic acids is 1. The molecule has 0 spiro atoms. The van der Waals surface area contributed by atoms with E-state index in [1.807, 2.05) is 32.0 Å². The first-order chi connectivity index (χ1) is 10.9. The van der Waals surface area contributed by atoms with Crippen LogP contribution >= 0.6 is 0 Å². The van der Waals surface area contributed by atoms with Gasteiger partial charge in [0.25, 0.3) is 0 Å². The molecule has 2 rings (SSSR count). The Balaban J connectivity index is 2.41. The van der Waals surface area contributed by atoms with Gasteiger partial charge in [-0.05, 0) is 45.9 Å². The summed E-state index contributed by atoms with van der Waals surface area (Å²) in [6, 6.07) is 5.61. The van der Waals surface area contributed by atoms with Crippen LogP contribution in [-0.2, 0) is 16.0 Å².